The van der Waals surface area contributed by atoms with Gasteiger partial charge in [-0.05, 0) is 53.0 Å². The Kier molecular flexibility index (Phi) is 6.34. The molecule has 1 aliphatic heterocycles. The SMILES string of the molecule is CCOC(=O)NCCCCN1[C@H](C)CC[C@@H]1C. The Morgan fingerprint density at radius 1 is 1.29 bits per heavy atom. The molecule has 0 aromatic heterocycles. The quantitative estimate of drug-likeness (QED) is 0.727. The minimum Gasteiger partial charge on any atom is -0.450 e. The zero-order valence-corrected chi connectivity index (χ0v) is 11.4. The first-order chi connectivity index (χ1) is 8.15. The second-order valence-electron chi connectivity index (χ2n) is 4.87. The fraction of sp³-hybridized carbons (Fsp3) is 0.923. The van der Waals surface area contributed by atoms with Gasteiger partial charge in [-0.25, -0.2) is 4.79 Å². The molecule has 1 N–H and O–H groups in total. The molecule has 1 aliphatic rings. The fourth-order valence-electron chi connectivity index (χ4n) is 2.48. The van der Waals surface area contributed by atoms with E-state index < -0.39 is 0 Å². The van der Waals surface area contributed by atoms with Crippen molar-refractivity contribution in [1.82, 2.24) is 10.2 Å². The van der Waals surface area contributed by atoms with Crippen molar-refractivity contribution < 1.29 is 9.53 Å². The van der Waals surface area contributed by atoms with Crippen molar-refractivity contribution in [3.05, 3.63) is 0 Å². The number of rotatable bonds is 6. The van der Waals surface area contributed by atoms with Gasteiger partial charge in [-0.1, -0.05) is 0 Å². The number of amides is 1. The number of carbonyl (C=O) groups is 1. The molecule has 17 heavy (non-hydrogen) atoms. The van der Waals surface area contributed by atoms with Crippen LogP contribution in [0.3, 0.4) is 0 Å². The van der Waals surface area contributed by atoms with Crippen molar-refractivity contribution in [2.45, 2.75) is 58.5 Å². The number of hydrogen-bond acceptors (Lipinski definition) is 3. The van der Waals surface area contributed by atoms with Crippen molar-refractivity contribution in [2.75, 3.05) is 19.7 Å². The van der Waals surface area contributed by atoms with Crippen molar-refractivity contribution >= 4 is 6.09 Å². The lowest BCUT2D eigenvalue weighted by atomic mass is 10.2. The summed E-state index contributed by atoms with van der Waals surface area (Å²) in [5.74, 6) is 0. The van der Waals surface area contributed by atoms with Gasteiger partial charge >= 0.3 is 6.09 Å². The molecule has 1 rings (SSSR count). The van der Waals surface area contributed by atoms with Gasteiger partial charge in [-0.2, -0.15) is 0 Å². The molecule has 1 fully saturated rings. The van der Waals surface area contributed by atoms with Gasteiger partial charge in [0.15, 0.2) is 0 Å². The molecular weight excluding hydrogens is 216 g/mol. The number of likely N-dealkylation sites (tertiary alicyclic amines) is 1. The lowest BCUT2D eigenvalue weighted by Gasteiger charge is -2.25. The molecule has 4 nitrogen and oxygen atoms in total. The van der Waals surface area contributed by atoms with Gasteiger partial charge < -0.3 is 10.1 Å². The van der Waals surface area contributed by atoms with Crippen LogP contribution in [0.4, 0.5) is 4.79 Å². The van der Waals surface area contributed by atoms with Gasteiger partial charge in [-0.15, -0.1) is 0 Å². The van der Waals surface area contributed by atoms with E-state index in [-0.39, 0.29) is 6.09 Å². The summed E-state index contributed by atoms with van der Waals surface area (Å²) in [6.07, 6.45) is 4.51. The number of hydrogen-bond donors (Lipinski definition) is 1. The van der Waals surface area contributed by atoms with Crippen LogP contribution in [0.1, 0.15) is 46.5 Å². The van der Waals surface area contributed by atoms with Crippen LogP contribution in [0.2, 0.25) is 0 Å². The first-order valence-electron chi connectivity index (χ1n) is 6.81. The molecule has 2 atom stereocenters. The Morgan fingerprint density at radius 2 is 1.94 bits per heavy atom. The van der Waals surface area contributed by atoms with E-state index in [1.54, 1.807) is 0 Å². The average molecular weight is 242 g/mol. The smallest absolute Gasteiger partial charge is 0.407 e. The third-order valence-electron chi connectivity index (χ3n) is 3.52. The van der Waals surface area contributed by atoms with Crippen LogP contribution in [0.15, 0.2) is 0 Å². The summed E-state index contributed by atoms with van der Waals surface area (Å²) in [4.78, 5) is 13.6. The van der Waals surface area contributed by atoms with Gasteiger partial charge in [0, 0.05) is 18.6 Å². The van der Waals surface area contributed by atoms with Crippen molar-refractivity contribution in [2.24, 2.45) is 0 Å². The maximum absolute atomic E-state index is 11.0. The van der Waals surface area contributed by atoms with E-state index in [1.165, 1.54) is 12.8 Å². The van der Waals surface area contributed by atoms with Gasteiger partial charge in [0.1, 0.15) is 0 Å². The number of carbonyl (C=O) groups excluding carboxylic acids is 1. The molecule has 4 heteroatoms. The van der Waals surface area contributed by atoms with E-state index in [2.05, 4.69) is 24.1 Å². The minimum absolute atomic E-state index is 0.296. The first kappa shape index (κ1) is 14.3. The molecule has 0 unspecified atom stereocenters. The molecule has 0 aromatic rings. The molecular formula is C13H26N2O2. The molecule has 100 valence electrons. The standard InChI is InChI=1S/C13H26N2O2/c1-4-17-13(16)14-9-5-6-10-15-11(2)7-8-12(15)3/h11-12H,4-10H2,1-3H3,(H,14,16)/t11-,12+. The predicted octanol–water partition coefficient (Wildman–Crippen LogP) is 2.39. The van der Waals surface area contributed by atoms with E-state index in [0.717, 1.165) is 38.0 Å². The summed E-state index contributed by atoms with van der Waals surface area (Å²) in [5, 5.41) is 2.75. The highest BCUT2D eigenvalue weighted by Crippen LogP contribution is 2.23. The van der Waals surface area contributed by atoms with Crippen LogP contribution in [0, 0.1) is 0 Å². The Morgan fingerprint density at radius 3 is 2.53 bits per heavy atom. The van der Waals surface area contributed by atoms with Crippen LogP contribution in [-0.4, -0.2) is 42.8 Å². The average Bonchev–Trinajstić information content (AvgIpc) is 2.60. The van der Waals surface area contributed by atoms with Crippen LogP contribution < -0.4 is 5.32 Å². The lowest BCUT2D eigenvalue weighted by Crippen LogP contribution is -2.34. The zero-order chi connectivity index (χ0) is 12.7. The minimum atomic E-state index is -0.296. The van der Waals surface area contributed by atoms with Crippen LogP contribution in [0.5, 0.6) is 0 Å². The highest BCUT2D eigenvalue weighted by Gasteiger charge is 2.26. The molecule has 0 saturated carbocycles. The van der Waals surface area contributed by atoms with E-state index in [4.69, 9.17) is 4.74 Å². The van der Waals surface area contributed by atoms with Gasteiger partial charge in [0.25, 0.3) is 0 Å². The molecule has 0 spiro atoms. The second kappa shape index (κ2) is 7.54. The second-order valence-corrected chi connectivity index (χ2v) is 4.87. The van der Waals surface area contributed by atoms with Crippen LogP contribution in [-0.2, 0) is 4.74 Å². The number of alkyl carbamates (subject to hydrolysis) is 1. The number of nitrogens with one attached hydrogen (secondary N) is 1. The summed E-state index contributed by atoms with van der Waals surface area (Å²) in [5.41, 5.74) is 0. The zero-order valence-electron chi connectivity index (χ0n) is 11.4. The Hall–Kier alpha value is -0.770. The first-order valence-corrected chi connectivity index (χ1v) is 6.81. The summed E-state index contributed by atoms with van der Waals surface area (Å²) in [7, 11) is 0. The molecule has 0 bridgehead atoms. The van der Waals surface area contributed by atoms with Crippen LogP contribution >= 0.6 is 0 Å². The van der Waals surface area contributed by atoms with E-state index in [1.807, 2.05) is 6.92 Å². The Labute approximate surface area is 105 Å². The van der Waals surface area contributed by atoms with E-state index in [9.17, 15) is 4.79 Å². The normalized spacial score (nSPS) is 24.9. The molecule has 1 saturated heterocycles. The maximum atomic E-state index is 11.0. The summed E-state index contributed by atoms with van der Waals surface area (Å²) >= 11 is 0. The van der Waals surface area contributed by atoms with E-state index in [0.29, 0.717) is 6.61 Å². The predicted molar refractivity (Wildman–Crippen MR) is 69.1 cm³/mol. The topological polar surface area (TPSA) is 41.6 Å². The molecule has 1 amide bonds. The summed E-state index contributed by atoms with van der Waals surface area (Å²) in [6, 6.07) is 1.45. The summed E-state index contributed by atoms with van der Waals surface area (Å²) < 4.78 is 4.80. The Bertz CT molecular complexity index is 223. The van der Waals surface area contributed by atoms with Crippen molar-refractivity contribution in [3.63, 3.8) is 0 Å². The Balaban J connectivity index is 2.02. The van der Waals surface area contributed by atoms with E-state index >= 15 is 0 Å². The number of unbranched alkanes of at least 4 members (excludes halogenated alkanes) is 1. The maximum Gasteiger partial charge on any atom is 0.407 e. The third kappa shape index (κ3) is 4.94. The lowest BCUT2D eigenvalue weighted by molar-refractivity contribution is 0.151. The van der Waals surface area contributed by atoms with Crippen molar-refractivity contribution in [1.29, 1.82) is 0 Å². The van der Waals surface area contributed by atoms with Crippen molar-refractivity contribution in [3.8, 4) is 0 Å². The molecule has 1 heterocycles. The van der Waals surface area contributed by atoms with Gasteiger partial charge in [0.2, 0.25) is 0 Å². The monoisotopic (exact) mass is 242 g/mol. The highest BCUT2D eigenvalue weighted by molar-refractivity contribution is 5.66. The number of ether oxygens (including phenoxy) is 1. The molecule has 0 radical (unpaired) electrons. The van der Waals surface area contributed by atoms with Crippen LogP contribution in [0.25, 0.3) is 0 Å². The molecule has 0 aromatic carbocycles. The molecule has 0 aliphatic carbocycles. The van der Waals surface area contributed by atoms with Gasteiger partial charge in [-0.3, -0.25) is 4.90 Å². The highest BCUT2D eigenvalue weighted by atomic mass is 16.5. The third-order valence-corrected chi connectivity index (χ3v) is 3.52. The largest absolute Gasteiger partial charge is 0.450 e. The summed E-state index contributed by atoms with van der Waals surface area (Å²) in [6.45, 7) is 8.73. The fourth-order valence-corrected chi connectivity index (χ4v) is 2.48. The number of nitrogens with zero attached hydrogens (tertiary/aromatic N) is 1. The van der Waals surface area contributed by atoms with Gasteiger partial charge in [0.05, 0.1) is 6.61 Å².